The molecule has 5 heteroatoms. The van der Waals surface area contributed by atoms with Gasteiger partial charge in [-0.15, -0.1) is 0 Å². The van der Waals surface area contributed by atoms with Gasteiger partial charge in [0.2, 0.25) is 0 Å². The van der Waals surface area contributed by atoms with Crippen molar-refractivity contribution in [3.05, 3.63) is 28.5 Å². The second kappa shape index (κ2) is 6.59. The first-order valence-corrected chi connectivity index (χ1v) is 6.13. The molecule has 0 saturated carbocycles. The third-order valence-electron chi connectivity index (χ3n) is 1.96. The van der Waals surface area contributed by atoms with E-state index in [1.165, 1.54) is 18.2 Å². The Hall–Kier alpha value is -1.10. The number of carbonyl (C=O) groups is 1. The van der Waals surface area contributed by atoms with Crippen LogP contribution in [-0.2, 0) is 4.79 Å². The van der Waals surface area contributed by atoms with E-state index in [9.17, 15) is 9.18 Å². The third kappa shape index (κ3) is 5.17. The molecule has 0 heterocycles. The van der Waals surface area contributed by atoms with Crippen molar-refractivity contribution >= 4 is 21.8 Å². The zero-order chi connectivity index (χ0) is 12.8. The predicted molar refractivity (Wildman–Crippen MR) is 67.4 cm³/mol. The Kier molecular flexibility index (Phi) is 5.41. The maximum atomic E-state index is 12.8. The molecule has 1 rings (SSSR count). The van der Waals surface area contributed by atoms with E-state index in [2.05, 4.69) is 21.2 Å². The molecule has 0 aliphatic rings. The van der Waals surface area contributed by atoms with Gasteiger partial charge in [0.15, 0.2) is 6.61 Å². The zero-order valence-electron chi connectivity index (χ0n) is 9.80. The van der Waals surface area contributed by atoms with Crippen LogP contribution < -0.4 is 10.1 Å². The lowest BCUT2D eigenvalue weighted by molar-refractivity contribution is -0.123. The fraction of sp³-hybridized carbons (Fsp3) is 0.417. The van der Waals surface area contributed by atoms with Crippen molar-refractivity contribution in [1.29, 1.82) is 0 Å². The Morgan fingerprint density at radius 3 is 2.82 bits per heavy atom. The van der Waals surface area contributed by atoms with Crippen molar-refractivity contribution in [1.82, 2.24) is 5.32 Å². The van der Waals surface area contributed by atoms with E-state index in [-0.39, 0.29) is 18.3 Å². The summed E-state index contributed by atoms with van der Waals surface area (Å²) >= 11 is 3.16. The number of amides is 1. The Bertz CT molecular complexity index is 396. The highest BCUT2D eigenvalue weighted by molar-refractivity contribution is 9.10. The summed E-state index contributed by atoms with van der Waals surface area (Å²) in [5.41, 5.74) is 0. The highest BCUT2D eigenvalue weighted by Gasteiger charge is 2.06. The summed E-state index contributed by atoms with van der Waals surface area (Å²) in [5.74, 6) is 0.311. The standard InChI is InChI=1S/C12H15BrFNO2/c1-8(2)6-15-12(16)7-17-11-4-3-9(14)5-10(11)13/h3-5,8H,6-7H2,1-2H3,(H,15,16). The van der Waals surface area contributed by atoms with Gasteiger partial charge in [0.25, 0.3) is 5.91 Å². The van der Waals surface area contributed by atoms with Crippen LogP contribution in [0.1, 0.15) is 13.8 Å². The first-order chi connectivity index (χ1) is 7.99. The first-order valence-electron chi connectivity index (χ1n) is 5.33. The number of halogens is 2. The van der Waals surface area contributed by atoms with Crippen LogP contribution in [0, 0.1) is 11.7 Å². The van der Waals surface area contributed by atoms with Crippen LogP contribution >= 0.6 is 15.9 Å². The van der Waals surface area contributed by atoms with Gasteiger partial charge in [-0.1, -0.05) is 13.8 Å². The molecule has 0 aliphatic carbocycles. The molecule has 0 aromatic heterocycles. The average Bonchev–Trinajstić information content (AvgIpc) is 2.25. The molecule has 0 bridgehead atoms. The number of hydrogen-bond donors (Lipinski definition) is 1. The summed E-state index contributed by atoms with van der Waals surface area (Å²) in [7, 11) is 0. The molecule has 1 amide bonds. The van der Waals surface area contributed by atoms with Crippen molar-refractivity contribution in [3.8, 4) is 5.75 Å². The molecule has 1 N–H and O–H groups in total. The number of ether oxygens (including phenoxy) is 1. The number of benzene rings is 1. The second-order valence-corrected chi connectivity index (χ2v) is 4.92. The van der Waals surface area contributed by atoms with Crippen LogP contribution in [0.15, 0.2) is 22.7 Å². The van der Waals surface area contributed by atoms with Gasteiger partial charge in [-0.3, -0.25) is 4.79 Å². The molecule has 0 spiro atoms. The molecule has 0 aliphatic heterocycles. The van der Waals surface area contributed by atoms with E-state index >= 15 is 0 Å². The quantitative estimate of drug-likeness (QED) is 0.908. The van der Waals surface area contributed by atoms with Gasteiger partial charge >= 0.3 is 0 Å². The topological polar surface area (TPSA) is 38.3 Å². The molecule has 1 aromatic carbocycles. The van der Waals surface area contributed by atoms with Gasteiger partial charge in [-0.25, -0.2) is 4.39 Å². The monoisotopic (exact) mass is 303 g/mol. The summed E-state index contributed by atoms with van der Waals surface area (Å²) in [6.07, 6.45) is 0. The van der Waals surface area contributed by atoms with E-state index in [0.717, 1.165) is 0 Å². The Morgan fingerprint density at radius 1 is 1.53 bits per heavy atom. The Morgan fingerprint density at radius 2 is 2.24 bits per heavy atom. The van der Waals surface area contributed by atoms with E-state index in [1.807, 2.05) is 13.8 Å². The highest BCUT2D eigenvalue weighted by Crippen LogP contribution is 2.25. The molecule has 3 nitrogen and oxygen atoms in total. The predicted octanol–water partition coefficient (Wildman–Crippen LogP) is 2.74. The molecular weight excluding hydrogens is 289 g/mol. The lowest BCUT2D eigenvalue weighted by atomic mass is 10.2. The molecule has 0 unspecified atom stereocenters. The van der Waals surface area contributed by atoms with Crippen LogP contribution in [0.2, 0.25) is 0 Å². The lowest BCUT2D eigenvalue weighted by Gasteiger charge is -2.10. The maximum absolute atomic E-state index is 12.8. The summed E-state index contributed by atoms with van der Waals surface area (Å²) in [5, 5.41) is 2.73. The van der Waals surface area contributed by atoms with Crippen molar-refractivity contribution in [2.24, 2.45) is 5.92 Å². The van der Waals surface area contributed by atoms with Crippen LogP contribution in [0.5, 0.6) is 5.75 Å². The molecule has 0 atom stereocenters. The van der Waals surface area contributed by atoms with Crippen LogP contribution in [0.25, 0.3) is 0 Å². The smallest absolute Gasteiger partial charge is 0.257 e. The highest BCUT2D eigenvalue weighted by atomic mass is 79.9. The van der Waals surface area contributed by atoms with Gasteiger partial charge in [0.05, 0.1) is 4.47 Å². The van der Waals surface area contributed by atoms with E-state index in [4.69, 9.17) is 4.74 Å². The van der Waals surface area contributed by atoms with Crippen LogP contribution in [0.4, 0.5) is 4.39 Å². The molecular formula is C12H15BrFNO2. The summed E-state index contributed by atoms with van der Waals surface area (Å²) < 4.78 is 18.5. The minimum Gasteiger partial charge on any atom is -0.483 e. The number of carbonyl (C=O) groups excluding carboxylic acids is 1. The summed E-state index contributed by atoms with van der Waals surface area (Å²) in [4.78, 5) is 11.4. The SMILES string of the molecule is CC(C)CNC(=O)COc1ccc(F)cc1Br. The number of rotatable bonds is 5. The maximum Gasteiger partial charge on any atom is 0.257 e. The fourth-order valence-electron chi connectivity index (χ4n) is 1.10. The summed E-state index contributed by atoms with van der Waals surface area (Å²) in [6.45, 7) is 4.57. The third-order valence-corrected chi connectivity index (χ3v) is 2.58. The normalized spacial score (nSPS) is 10.4. The molecule has 0 saturated heterocycles. The van der Waals surface area contributed by atoms with E-state index in [0.29, 0.717) is 22.7 Å². The van der Waals surface area contributed by atoms with Crippen molar-refractivity contribution < 1.29 is 13.9 Å². The van der Waals surface area contributed by atoms with Gasteiger partial charge < -0.3 is 10.1 Å². The van der Waals surface area contributed by atoms with Crippen molar-refractivity contribution in [2.75, 3.05) is 13.2 Å². The fourth-order valence-corrected chi connectivity index (χ4v) is 1.57. The first kappa shape index (κ1) is 14.0. The van der Waals surface area contributed by atoms with Crippen molar-refractivity contribution in [3.63, 3.8) is 0 Å². The van der Waals surface area contributed by atoms with Crippen LogP contribution in [0.3, 0.4) is 0 Å². The minimum atomic E-state index is -0.353. The van der Waals surface area contributed by atoms with E-state index in [1.54, 1.807) is 0 Å². The molecule has 0 radical (unpaired) electrons. The Balaban J connectivity index is 2.42. The van der Waals surface area contributed by atoms with Gasteiger partial charge in [-0.2, -0.15) is 0 Å². The zero-order valence-corrected chi connectivity index (χ0v) is 11.4. The average molecular weight is 304 g/mol. The largest absolute Gasteiger partial charge is 0.483 e. The van der Waals surface area contributed by atoms with E-state index < -0.39 is 0 Å². The van der Waals surface area contributed by atoms with Crippen molar-refractivity contribution in [2.45, 2.75) is 13.8 Å². The van der Waals surface area contributed by atoms with Gasteiger partial charge in [-0.05, 0) is 40.0 Å². The number of nitrogens with one attached hydrogen (secondary N) is 1. The van der Waals surface area contributed by atoms with Gasteiger partial charge in [0.1, 0.15) is 11.6 Å². The molecule has 94 valence electrons. The molecule has 17 heavy (non-hydrogen) atoms. The number of hydrogen-bond acceptors (Lipinski definition) is 2. The lowest BCUT2D eigenvalue weighted by Crippen LogP contribution is -2.31. The van der Waals surface area contributed by atoms with Gasteiger partial charge in [0, 0.05) is 6.54 Å². The summed E-state index contributed by atoms with van der Waals surface area (Å²) in [6, 6.07) is 4.06. The second-order valence-electron chi connectivity index (χ2n) is 4.06. The molecule has 0 fully saturated rings. The van der Waals surface area contributed by atoms with Crippen LogP contribution in [-0.4, -0.2) is 19.1 Å². The Labute approximate surface area is 108 Å². The minimum absolute atomic E-state index is 0.0725. The molecule has 1 aromatic rings.